The number of fused-ring (bicyclic) bond motifs is 1. The van der Waals surface area contributed by atoms with Gasteiger partial charge in [0.1, 0.15) is 0 Å². The van der Waals surface area contributed by atoms with Crippen molar-refractivity contribution in [1.29, 1.82) is 0 Å². The van der Waals surface area contributed by atoms with E-state index in [0.29, 0.717) is 21.5 Å². The minimum absolute atomic E-state index is 0.0737. The first-order valence-corrected chi connectivity index (χ1v) is 17.8. The Morgan fingerprint density at radius 3 is 2.04 bits per heavy atom. The molecule has 0 saturated carbocycles. The largest absolute Gasteiger partial charge is 0.481 e. The number of imide groups is 1. The van der Waals surface area contributed by atoms with E-state index in [0.717, 1.165) is 16.0 Å². The van der Waals surface area contributed by atoms with Crippen molar-refractivity contribution in [3.8, 4) is 5.75 Å². The number of aliphatic hydroxyl groups excluding tert-OH is 1. The summed E-state index contributed by atoms with van der Waals surface area (Å²) in [6.07, 6.45) is -0.927. The Labute approximate surface area is 319 Å². The third-order valence-corrected chi connectivity index (χ3v) is 9.65. The Bertz CT molecular complexity index is 1870. The van der Waals surface area contributed by atoms with E-state index in [4.69, 9.17) is 62.7 Å². The van der Waals surface area contributed by atoms with Gasteiger partial charge in [-0.2, -0.15) is 0 Å². The lowest BCUT2D eigenvalue weighted by atomic mass is 10.00. The molecule has 2 unspecified atom stereocenters. The number of carbonyl (C=O) groups is 4. The number of rotatable bonds is 15. The van der Waals surface area contributed by atoms with Gasteiger partial charge >= 0.3 is 0 Å². The minimum atomic E-state index is -1.26. The molecular weight excluding hydrogens is 760 g/mol. The van der Waals surface area contributed by atoms with Crippen LogP contribution in [-0.4, -0.2) is 76.9 Å². The molecule has 2 atom stereocenters. The molecule has 0 bridgehead atoms. The van der Waals surface area contributed by atoms with Gasteiger partial charge in [0.25, 0.3) is 17.7 Å². The van der Waals surface area contributed by atoms with Crippen LogP contribution < -0.4 is 10.1 Å². The Balaban J connectivity index is 1.31. The van der Waals surface area contributed by atoms with Crippen molar-refractivity contribution in [2.75, 3.05) is 26.2 Å². The zero-order valence-corrected chi connectivity index (χ0v) is 30.7. The number of hydrogen-bond acceptors (Lipinski definition) is 6. The first-order valence-electron chi connectivity index (χ1n) is 15.9. The molecule has 0 spiro atoms. The highest BCUT2D eigenvalue weighted by atomic mass is 35.5. The van der Waals surface area contributed by atoms with E-state index in [1.807, 2.05) is 30.3 Å². The fraction of sp³-hybridized carbons (Fsp3) is 0.243. The molecule has 9 nitrogen and oxygen atoms in total. The second-order valence-electron chi connectivity index (χ2n) is 11.8. The second-order valence-corrected chi connectivity index (χ2v) is 13.9. The van der Waals surface area contributed by atoms with Crippen molar-refractivity contribution in [2.45, 2.75) is 31.4 Å². The summed E-state index contributed by atoms with van der Waals surface area (Å²) in [5.41, 5.74) is 2.12. The van der Waals surface area contributed by atoms with Crippen LogP contribution in [0.4, 0.5) is 0 Å². The van der Waals surface area contributed by atoms with Crippen LogP contribution in [0.15, 0.2) is 84.9 Å². The first kappa shape index (κ1) is 38.4. The van der Waals surface area contributed by atoms with Crippen LogP contribution in [-0.2, 0) is 22.4 Å². The average Bonchev–Trinajstić information content (AvgIpc) is 3.34. The van der Waals surface area contributed by atoms with E-state index in [2.05, 4.69) is 5.32 Å². The molecule has 0 aromatic heterocycles. The van der Waals surface area contributed by atoms with E-state index in [1.54, 1.807) is 42.5 Å². The summed E-state index contributed by atoms with van der Waals surface area (Å²) in [7, 11) is 0. The number of ether oxygens (including phenoxy) is 1. The van der Waals surface area contributed by atoms with E-state index >= 15 is 0 Å². The molecule has 14 heteroatoms. The molecule has 4 aromatic carbocycles. The smallest absolute Gasteiger partial charge is 0.261 e. The van der Waals surface area contributed by atoms with Gasteiger partial charge in [0, 0.05) is 41.1 Å². The quantitative estimate of drug-likeness (QED) is 0.123. The Morgan fingerprint density at radius 2 is 1.41 bits per heavy atom. The van der Waals surface area contributed by atoms with Gasteiger partial charge < -0.3 is 20.1 Å². The third-order valence-electron chi connectivity index (χ3n) is 8.28. The zero-order valence-electron chi connectivity index (χ0n) is 27.0. The van der Waals surface area contributed by atoms with Crippen molar-refractivity contribution in [3.63, 3.8) is 0 Å². The summed E-state index contributed by atoms with van der Waals surface area (Å²) in [4.78, 5) is 55.1. The van der Waals surface area contributed by atoms with Crippen molar-refractivity contribution >= 4 is 81.6 Å². The summed E-state index contributed by atoms with van der Waals surface area (Å²) in [5.74, 6) is -1.86. The van der Waals surface area contributed by atoms with Crippen LogP contribution >= 0.6 is 58.0 Å². The molecular formula is C37H32Cl5N3O6. The lowest BCUT2D eigenvalue weighted by molar-refractivity contribution is -0.135. The van der Waals surface area contributed by atoms with E-state index in [9.17, 15) is 24.3 Å². The normalized spacial score (nSPS) is 13.5. The highest BCUT2D eigenvalue weighted by Gasteiger charge is 2.35. The van der Waals surface area contributed by atoms with Crippen molar-refractivity contribution in [3.05, 3.63) is 132 Å². The van der Waals surface area contributed by atoms with Gasteiger partial charge in [0.05, 0.1) is 33.3 Å². The number of nitrogens with zero attached hydrogens (tertiary/aromatic N) is 2. The highest BCUT2D eigenvalue weighted by Crippen LogP contribution is 2.36. The summed E-state index contributed by atoms with van der Waals surface area (Å²) in [5, 5.41) is 15.9. The van der Waals surface area contributed by atoms with Crippen molar-refractivity contribution < 1.29 is 29.0 Å². The molecule has 1 aliphatic heterocycles. The van der Waals surface area contributed by atoms with Gasteiger partial charge in [-0.05, 0) is 60.4 Å². The van der Waals surface area contributed by atoms with Crippen LogP contribution in [0.3, 0.4) is 0 Å². The lowest BCUT2D eigenvalue weighted by Crippen LogP contribution is -2.52. The molecule has 1 aliphatic rings. The predicted octanol–water partition coefficient (Wildman–Crippen LogP) is 7.18. The Hall–Kier alpha value is -3.83. The van der Waals surface area contributed by atoms with E-state index < -0.39 is 42.4 Å². The summed E-state index contributed by atoms with van der Waals surface area (Å²) in [6.45, 7) is -0.704. The fourth-order valence-electron chi connectivity index (χ4n) is 5.63. The minimum Gasteiger partial charge on any atom is -0.481 e. The van der Waals surface area contributed by atoms with Crippen molar-refractivity contribution in [2.24, 2.45) is 0 Å². The lowest BCUT2D eigenvalue weighted by Gasteiger charge is -2.31. The van der Waals surface area contributed by atoms with E-state index in [1.165, 1.54) is 17.0 Å². The monoisotopic (exact) mass is 789 g/mol. The fourth-order valence-corrected chi connectivity index (χ4v) is 7.06. The van der Waals surface area contributed by atoms with Crippen LogP contribution in [0.25, 0.3) is 0 Å². The number of amides is 4. The molecule has 1 heterocycles. The van der Waals surface area contributed by atoms with Gasteiger partial charge in [0.2, 0.25) is 5.91 Å². The average molecular weight is 792 g/mol. The van der Waals surface area contributed by atoms with Gasteiger partial charge in [0.15, 0.2) is 12.4 Å². The molecule has 5 rings (SSSR count). The van der Waals surface area contributed by atoms with Gasteiger partial charge in [-0.1, -0.05) is 107 Å². The van der Waals surface area contributed by atoms with Gasteiger partial charge in [-0.25, -0.2) is 0 Å². The molecule has 51 heavy (non-hydrogen) atoms. The SMILES string of the molecule is O=C(CCN1C(=O)c2ccccc2C1=O)NC(Cc1ccccc1)C(O)CN(CCc1ccc(Cl)cc1Cl)C(=O)COc1c(Cl)cc(Cl)cc1Cl. The Kier molecular flexibility index (Phi) is 13.2. The third kappa shape index (κ3) is 9.95. The van der Waals surface area contributed by atoms with Crippen molar-refractivity contribution in [1.82, 2.24) is 15.1 Å². The first-order chi connectivity index (χ1) is 24.4. The number of benzene rings is 4. The number of carbonyl (C=O) groups excluding carboxylic acids is 4. The number of halogens is 5. The molecule has 0 radical (unpaired) electrons. The van der Waals surface area contributed by atoms with Crippen LogP contribution in [0.2, 0.25) is 25.1 Å². The number of hydrogen-bond donors (Lipinski definition) is 2. The molecule has 4 amide bonds. The standard InChI is InChI=1S/C37H32Cl5N3O6/c38-24-11-10-23(28(40)17-24)12-14-44(34(48)21-51-35-29(41)18-25(39)19-30(35)42)20-32(46)31(16-22-6-2-1-3-7-22)43-33(47)13-15-45-36(49)26-8-4-5-9-27(26)37(45)50/h1-11,17-19,31-32,46H,12-16,20-21H2,(H,43,47). The van der Waals surface area contributed by atoms with Gasteiger partial charge in [-0.15, -0.1) is 0 Å². The summed E-state index contributed by atoms with van der Waals surface area (Å²) >= 11 is 31.0. The summed E-state index contributed by atoms with van der Waals surface area (Å²) in [6, 6.07) is 22.7. The topological polar surface area (TPSA) is 116 Å². The predicted molar refractivity (Wildman–Crippen MR) is 198 cm³/mol. The maximum absolute atomic E-state index is 13.7. The Morgan fingerprint density at radius 1 is 0.804 bits per heavy atom. The van der Waals surface area contributed by atoms with Gasteiger partial charge in [-0.3, -0.25) is 24.1 Å². The van der Waals surface area contributed by atoms with E-state index in [-0.39, 0.29) is 59.4 Å². The van der Waals surface area contributed by atoms with Crippen LogP contribution in [0.1, 0.15) is 38.3 Å². The second kappa shape index (κ2) is 17.6. The number of nitrogens with one attached hydrogen (secondary N) is 1. The van der Waals surface area contributed by atoms with Crippen LogP contribution in [0, 0.1) is 0 Å². The maximum Gasteiger partial charge on any atom is 0.261 e. The summed E-state index contributed by atoms with van der Waals surface area (Å²) < 4.78 is 5.71. The molecule has 266 valence electrons. The molecule has 2 N–H and O–H groups in total. The van der Waals surface area contributed by atoms with Crippen LogP contribution in [0.5, 0.6) is 5.75 Å². The number of aliphatic hydroxyl groups is 1. The maximum atomic E-state index is 13.7. The molecule has 0 fully saturated rings. The molecule has 4 aromatic rings. The highest BCUT2D eigenvalue weighted by molar-refractivity contribution is 6.40. The zero-order chi connectivity index (χ0) is 36.7. The molecule has 0 aliphatic carbocycles. The molecule has 0 saturated heterocycles.